The van der Waals surface area contributed by atoms with Crippen molar-refractivity contribution in [2.45, 2.75) is 20.5 Å². The van der Waals surface area contributed by atoms with Crippen molar-refractivity contribution in [1.29, 1.82) is 0 Å². The third kappa shape index (κ3) is 3.17. The Hall–Kier alpha value is -2.61. The van der Waals surface area contributed by atoms with Crippen LogP contribution in [0.1, 0.15) is 16.8 Å². The molecule has 0 aliphatic heterocycles. The number of aryl methyl sites for hydroxylation is 1. The normalized spacial score (nSPS) is 10.5. The van der Waals surface area contributed by atoms with E-state index in [-0.39, 0.29) is 0 Å². The van der Waals surface area contributed by atoms with Gasteiger partial charge in [-0.1, -0.05) is 48.5 Å². The van der Waals surface area contributed by atoms with Crippen molar-refractivity contribution in [3.63, 3.8) is 0 Å². The molecule has 0 saturated heterocycles. The van der Waals surface area contributed by atoms with Crippen molar-refractivity contribution in [1.82, 2.24) is 4.98 Å². The van der Waals surface area contributed by atoms with Gasteiger partial charge < -0.3 is 4.74 Å². The van der Waals surface area contributed by atoms with E-state index < -0.39 is 0 Å². The fourth-order valence-electron chi connectivity index (χ4n) is 2.47. The van der Waals surface area contributed by atoms with Crippen LogP contribution in [0.3, 0.4) is 0 Å². The van der Waals surface area contributed by atoms with E-state index in [2.05, 4.69) is 54.4 Å². The zero-order valence-electron chi connectivity index (χ0n) is 12.9. The molecule has 1 heterocycles. The van der Waals surface area contributed by atoms with E-state index in [1.165, 1.54) is 22.3 Å². The van der Waals surface area contributed by atoms with E-state index in [0.29, 0.717) is 6.61 Å². The van der Waals surface area contributed by atoms with E-state index in [1.54, 1.807) is 6.20 Å². The molecule has 22 heavy (non-hydrogen) atoms. The largest absolute Gasteiger partial charge is 0.487 e. The summed E-state index contributed by atoms with van der Waals surface area (Å²) >= 11 is 0. The maximum atomic E-state index is 5.86. The Morgan fingerprint density at radius 1 is 0.864 bits per heavy atom. The molecule has 0 aliphatic rings. The molecule has 2 heteroatoms. The zero-order valence-corrected chi connectivity index (χ0v) is 12.9. The van der Waals surface area contributed by atoms with Crippen molar-refractivity contribution in [2.24, 2.45) is 0 Å². The summed E-state index contributed by atoms with van der Waals surface area (Å²) in [5.41, 5.74) is 5.94. The van der Waals surface area contributed by atoms with Gasteiger partial charge in [0.05, 0.1) is 6.20 Å². The van der Waals surface area contributed by atoms with Crippen LogP contribution in [0.5, 0.6) is 5.75 Å². The fourth-order valence-corrected chi connectivity index (χ4v) is 2.47. The molecule has 0 saturated carbocycles. The van der Waals surface area contributed by atoms with Gasteiger partial charge in [0, 0.05) is 5.69 Å². The summed E-state index contributed by atoms with van der Waals surface area (Å²) in [5, 5.41) is 0. The summed E-state index contributed by atoms with van der Waals surface area (Å²) in [7, 11) is 0. The molecule has 0 bridgehead atoms. The number of rotatable bonds is 4. The summed E-state index contributed by atoms with van der Waals surface area (Å²) in [6.07, 6.45) is 1.77. The van der Waals surface area contributed by atoms with Crippen LogP contribution in [0.2, 0.25) is 0 Å². The highest BCUT2D eigenvalue weighted by Gasteiger charge is 2.06. The number of hydrogen-bond acceptors (Lipinski definition) is 2. The topological polar surface area (TPSA) is 22.1 Å². The predicted octanol–water partition coefficient (Wildman–Crippen LogP) is 4.94. The number of benzene rings is 2. The van der Waals surface area contributed by atoms with Crippen LogP contribution in [0.25, 0.3) is 11.1 Å². The van der Waals surface area contributed by atoms with Crippen LogP contribution in [0, 0.1) is 13.8 Å². The summed E-state index contributed by atoms with van der Waals surface area (Å²) in [5.74, 6) is 0.801. The van der Waals surface area contributed by atoms with Crippen molar-refractivity contribution < 1.29 is 4.74 Å². The van der Waals surface area contributed by atoms with Crippen LogP contribution in [-0.2, 0) is 6.61 Å². The van der Waals surface area contributed by atoms with Crippen molar-refractivity contribution in [3.8, 4) is 16.9 Å². The molecule has 0 unspecified atom stereocenters. The van der Waals surface area contributed by atoms with Gasteiger partial charge in [-0.2, -0.15) is 0 Å². The first-order chi connectivity index (χ1) is 10.7. The molecule has 2 nitrogen and oxygen atoms in total. The van der Waals surface area contributed by atoms with Gasteiger partial charge in [-0.05, 0) is 48.2 Å². The Morgan fingerprint density at radius 3 is 2.41 bits per heavy atom. The van der Waals surface area contributed by atoms with Crippen LogP contribution < -0.4 is 4.74 Å². The van der Waals surface area contributed by atoms with E-state index >= 15 is 0 Å². The monoisotopic (exact) mass is 289 g/mol. The molecule has 1 aromatic heterocycles. The van der Waals surface area contributed by atoms with Gasteiger partial charge >= 0.3 is 0 Å². The second kappa shape index (κ2) is 6.44. The lowest BCUT2D eigenvalue weighted by Crippen LogP contribution is -1.99. The molecule has 0 spiro atoms. The third-order valence-electron chi connectivity index (χ3n) is 3.81. The smallest absolute Gasteiger partial charge is 0.138 e. The Kier molecular flexibility index (Phi) is 4.19. The molecule has 0 fully saturated rings. The number of hydrogen-bond donors (Lipinski definition) is 0. The van der Waals surface area contributed by atoms with Gasteiger partial charge in [0.1, 0.15) is 12.4 Å². The minimum absolute atomic E-state index is 0.553. The predicted molar refractivity (Wildman–Crippen MR) is 89.9 cm³/mol. The Bertz CT molecular complexity index is 748. The molecule has 0 amide bonds. The lowest BCUT2D eigenvalue weighted by atomic mass is 9.97. The van der Waals surface area contributed by atoms with Crippen LogP contribution in [0.15, 0.2) is 66.9 Å². The van der Waals surface area contributed by atoms with E-state index in [0.717, 1.165) is 11.4 Å². The van der Waals surface area contributed by atoms with E-state index in [9.17, 15) is 0 Å². The highest BCUT2D eigenvalue weighted by molar-refractivity contribution is 5.68. The Morgan fingerprint density at radius 2 is 1.68 bits per heavy atom. The molecular weight excluding hydrogens is 270 g/mol. The molecule has 2 aromatic carbocycles. The minimum atomic E-state index is 0.553. The maximum Gasteiger partial charge on any atom is 0.138 e. The molecular formula is C20H19NO. The highest BCUT2D eigenvalue weighted by Crippen LogP contribution is 2.26. The first-order valence-electron chi connectivity index (χ1n) is 7.43. The molecule has 0 atom stereocenters. The molecule has 0 N–H and O–H groups in total. The average Bonchev–Trinajstić information content (AvgIpc) is 2.56. The summed E-state index contributed by atoms with van der Waals surface area (Å²) in [6, 6.07) is 20.7. The SMILES string of the molecule is Cc1ccc(OCc2cccc(-c3ccccc3)c2C)cn1. The van der Waals surface area contributed by atoms with Crippen molar-refractivity contribution >= 4 is 0 Å². The first-order valence-corrected chi connectivity index (χ1v) is 7.43. The molecule has 3 rings (SSSR count). The molecule has 0 radical (unpaired) electrons. The van der Waals surface area contributed by atoms with Gasteiger partial charge in [-0.25, -0.2) is 0 Å². The second-order valence-electron chi connectivity index (χ2n) is 5.38. The minimum Gasteiger partial charge on any atom is -0.487 e. The number of pyridine rings is 1. The van der Waals surface area contributed by atoms with E-state index in [1.807, 2.05) is 25.1 Å². The van der Waals surface area contributed by atoms with Gasteiger partial charge in [0.2, 0.25) is 0 Å². The van der Waals surface area contributed by atoms with Crippen LogP contribution in [0.4, 0.5) is 0 Å². The lowest BCUT2D eigenvalue weighted by Gasteiger charge is -2.12. The molecule has 110 valence electrons. The zero-order chi connectivity index (χ0) is 15.4. The van der Waals surface area contributed by atoms with Crippen LogP contribution in [-0.4, -0.2) is 4.98 Å². The summed E-state index contributed by atoms with van der Waals surface area (Å²) in [6.45, 7) is 4.67. The molecule has 3 aromatic rings. The number of aromatic nitrogens is 1. The third-order valence-corrected chi connectivity index (χ3v) is 3.81. The standard InChI is InChI=1S/C20H19NO/c1-15-11-12-19(13-21-15)22-14-18-9-6-10-20(16(18)2)17-7-4-3-5-8-17/h3-13H,14H2,1-2H3. The van der Waals surface area contributed by atoms with Gasteiger partial charge in [0.15, 0.2) is 0 Å². The maximum absolute atomic E-state index is 5.86. The fraction of sp³-hybridized carbons (Fsp3) is 0.150. The van der Waals surface area contributed by atoms with Crippen LogP contribution >= 0.6 is 0 Å². The van der Waals surface area contributed by atoms with Crippen molar-refractivity contribution in [2.75, 3.05) is 0 Å². The quantitative estimate of drug-likeness (QED) is 0.678. The van der Waals surface area contributed by atoms with E-state index in [4.69, 9.17) is 4.74 Å². The van der Waals surface area contributed by atoms with Gasteiger partial charge in [-0.15, -0.1) is 0 Å². The second-order valence-corrected chi connectivity index (χ2v) is 5.38. The van der Waals surface area contributed by atoms with Gasteiger partial charge in [0.25, 0.3) is 0 Å². The Labute approximate surface area is 131 Å². The highest BCUT2D eigenvalue weighted by atomic mass is 16.5. The first kappa shape index (κ1) is 14.3. The summed E-state index contributed by atoms with van der Waals surface area (Å²) < 4.78 is 5.86. The lowest BCUT2D eigenvalue weighted by molar-refractivity contribution is 0.304. The summed E-state index contributed by atoms with van der Waals surface area (Å²) in [4.78, 5) is 4.25. The average molecular weight is 289 g/mol. The van der Waals surface area contributed by atoms with Gasteiger partial charge in [-0.3, -0.25) is 4.98 Å². The number of ether oxygens (including phenoxy) is 1. The van der Waals surface area contributed by atoms with Crippen molar-refractivity contribution in [3.05, 3.63) is 83.7 Å². The Balaban J connectivity index is 1.81. The number of nitrogens with zero attached hydrogens (tertiary/aromatic N) is 1. The molecule has 0 aliphatic carbocycles.